The summed E-state index contributed by atoms with van der Waals surface area (Å²) in [6.07, 6.45) is 3.84. The molecule has 9 nitrogen and oxygen atoms in total. The van der Waals surface area contributed by atoms with Crippen LogP contribution in [0.25, 0.3) is 0 Å². The van der Waals surface area contributed by atoms with Crippen molar-refractivity contribution in [2.24, 2.45) is 4.99 Å². The molecule has 0 saturated carbocycles. The van der Waals surface area contributed by atoms with Crippen molar-refractivity contribution in [1.82, 2.24) is 15.2 Å². The second kappa shape index (κ2) is 11.1. The summed E-state index contributed by atoms with van der Waals surface area (Å²) < 4.78 is 24.9. The lowest BCUT2D eigenvalue weighted by molar-refractivity contribution is -0.139. The molecule has 0 bridgehead atoms. The number of thiazole rings is 1. The monoisotopic (exact) mass is 514 g/mol. The van der Waals surface area contributed by atoms with E-state index in [-0.39, 0.29) is 6.61 Å². The summed E-state index contributed by atoms with van der Waals surface area (Å²) in [7, 11) is 0. The number of ether oxygens (including phenoxy) is 2. The van der Waals surface area contributed by atoms with E-state index in [1.165, 1.54) is 29.5 Å². The van der Waals surface area contributed by atoms with Gasteiger partial charge in [-0.1, -0.05) is 12.1 Å². The number of esters is 1. The van der Waals surface area contributed by atoms with Crippen molar-refractivity contribution in [1.29, 1.82) is 0 Å². The normalized spacial score (nSPS) is 22.9. The number of hydrogen-bond acceptors (Lipinski definition) is 9. The average Bonchev–Trinajstić information content (AvgIpc) is 3.38. The first-order valence-corrected chi connectivity index (χ1v) is 12.4. The predicted octanol–water partition coefficient (Wildman–Crippen LogP) is 2.71. The minimum Gasteiger partial charge on any atom is -0.478 e. The molecule has 3 heterocycles. The van der Waals surface area contributed by atoms with Gasteiger partial charge in [-0.2, -0.15) is 0 Å². The molecular formula is C25H27FN4O5S. The first kappa shape index (κ1) is 25.7. The second-order valence-corrected chi connectivity index (χ2v) is 9.31. The molecule has 1 aromatic carbocycles. The van der Waals surface area contributed by atoms with Gasteiger partial charge in [-0.05, 0) is 37.6 Å². The van der Waals surface area contributed by atoms with Crippen molar-refractivity contribution in [3.8, 4) is 0 Å². The standard InChI is InChI=1S/C25H27FN4O5S/c1-3-34-24(33)21-19(15-30-11-12-35-18(14-30)8-9-20(31)32)28-22(23-27-10-13-36-23)29-25(21,2)16-4-6-17(26)7-5-16/h4-10,13,18H,3,11-12,14-15H2,1-2H3,(H,28,29)(H,31,32)/b9-8+/t18?,25-/m0/s1. The number of benzene rings is 1. The van der Waals surface area contributed by atoms with Gasteiger partial charge >= 0.3 is 11.9 Å². The number of aliphatic imine (C=N–C) groups is 1. The van der Waals surface area contributed by atoms with Crippen LogP contribution in [0.5, 0.6) is 0 Å². The van der Waals surface area contributed by atoms with E-state index in [0.717, 1.165) is 6.08 Å². The van der Waals surface area contributed by atoms with E-state index in [1.54, 1.807) is 32.2 Å². The summed E-state index contributed by atoms with van der Waals surface area (Å²) in [5.74, 6) is -1.47. The Morgan fingerprint density at radius 2 is 2.17 bits per heavy atom. The van der Waals surface area contributed by atoms with E-state index in [1.807, 2.05) is 5.38 Å². The van der Waals surface area contributed by atoms with Crippen molar-refractivity contribution in [2.75, 3.05) is 32.8 Å². The molecule has 11 heteroatoms. The van der Waals surface area contributed by atoms with Crippen LogP contribution >= 0.6 is 11.3 Å². The van der Waals surface area contributed by atoms with Gasteiger partial charge in [0.25, 0.3) is 0 Å². The third-order valence-corrected chi connectivity index (χ3v) is 6.71. The van der Waals surface area contributed by atoms with Crippen LogP contribution in [0.2, 0.25) is 0 Å². The zero-order valence-electron chi connectivity index (χ0n) is 19.9. The van der Waals surface area contributed by atoms with Crippen LogP contribution in [0.15, 0.2) is 64.3 Å². The zero-order valence-corrected chi connectivity index (χ0v) is 20.8. The highest BCUT2D eigenvalue weighted by Gasteiger charge is 2.43. The molecule has 0 spiro atoms. The number of carboxylic acid groups (broad SMARTS) is 1. The van der Waals surface area contributed by atoms with Crippen LogP contribution < -0.4 is 5.32 Å². The molecule has 2 aromatic rings. The summed E-state index contributed by atoms with van der Waals surface area (Å²) in [6, 6.07) is 5.90. The predicted molar refractivity (Wildman–Crippen MR) is 132 cm³/mol. The Kier molecular flexibility index (Phi) is 7.92. The van der Waals surface area contributed by atoms with Crippen LogP contribution in [0.1, 0.15) is 24.4 Å². The quantitative estimate of drug-likeness (QED) is 0.409. The number of carbonyl (C=O) groups is 2. The van der Waals surface area contributed by atoms with Crippen LogP contribution in [0.4, 0.5) is 4.39 Å². The number of carboxylic acids is 1. The maximum Gasteiger partial charge on any atom is 0.338 e. The lowest BCUT2D eigenvalue weighted by atomic mass is 9.82. The fourth-order valence-electron chi connectivity index (χ4n) is 4.28. The summed E-state index contributed by atoms with van der Waals surface area (Å²) in [6.45, 7) is 5.46. The third-order valence-electron chi connectivity index (χ3n) is 5.93. The fraction of sp³-hybridized carbons (Fsp3) is 0.360. The smallest absolute Gasteiger partial charge is 0.338 e. The number of aliphatic carboxylic acids is 1. The Labute approximate surface area is 212 Å². The van der Waals surface area contributed by atoms with E-state index < -0.39 is 29.4 Å². The van der Waals surface area contributed by atoms with Crippen LogP contribution in [-0.2, 0) is 24.6 Å². The minimum atomic E-state index is -1.17. The van der Waals surface area contributed by atoms with Crippen molar-refractivity contribution in [3.05, 3.63) is 75.7 Å². The van der Waals surface area contributed by atoms with E-state index >= 15 is 0 Å². The van der Waals surface area contributed by atoms with E-state index in [4.69, 9.17) is 19.6 Å². The highest BCUT2D eigenvalue weighted by Crippen LogP contribution is 2.39. The number of amidine groups is 1. The van der Waals surface area contributed by atoms with Crippen LogP contribution in [0.3, 0.4) is 0 Å². The Balaban J connectivity index is 1.76. The highest BCUT2D eigenvalue weighted by atomic mass is 32.1. The van der Waals surface area contributed by atoms with Crippen LogP contribution in [0, 0.1) is 5.82 Å². The molecule has 0 amide bonds. The van der Waals surface area contributed by atoms with Gasteiger partial charge in [-0.15, -0.1) is 11.3 Å². The molecule has 36 heavy (non-hydrogen) atoms. The zero-order chi connectivity index (χ0) is 25.7. The van der Waals surface area contributed by atoms with Crippen molar-refractivity contribution in [3.63, 3.8) is 0 Å². The summed E-state index contributed by atoms with van der Waals surface area (Å²) in [4.78, 5) is 35.6. The Hall–Kier alpha value is -3.41. The topological polar surface area (TPSA) is 113 Å². The van der Waals surface area contributed by atoms with Gasteiger partial charge in [0.15, 0.2) is 10.8 Å². The molecule has 1 saturated heterocycles. The molecule has 1 unspecified atom stereocenters. The molecule has 4 rings (SSSR count). The maximum absolute atomic E-state index is 13.8. The first-order chi connectivity index (χ1) is 17.3. The molecule has 1 fully saturated rings. The second-order valence-electron chi connectivity index (χ2n) is 8.42. The Morgan fingerprint density at radius 1 is 1.39 bits per heavy atom. The van der Waals surface area contributed by atoms with Gasteiger partial charge in [-0.3, -0.25) is 4.90 Å². The maximum atomic E-state index is 13.8. The Morgan fingerprint density at radius 3 is 2.83 bits per heavy atom. The number of nitrogens with zero attached hydrogens (tertiary/aromatic N) is 3. The molecule has 2 atom stereocenters. The van der Waals surface area contributed by atoms with Crippen LogP contribution in [-0.4, -0.2) is 71.7 Å². The van der Waals surface area contributed by atoms with E-state index in [2.05, 4.69) is 15.2 Å². The molecule has 190 valence electrons. The van der Waals surface area contributed by atoms with Crippen molar-refractivity contribution in [2.45, 2.75) is 25.5 Å². The first-order valence-electron chi connectivity index (χ1n) is 11.5. The number of hydrogen-bond donors (Lipinski definition) is 2. The number of nitrogens with one attached hydrogen (secondary N) is 1. The van der Waals surface area contributed by atoms with Gasteiger partial charge in [0, 0.05) is 43.0 Å². The average molecular weight is 515 g/mol. The number of morpholine rings is 1. The van der Waals surface area contributed by atoms with Gasteiger partial charge in [0.1, 0.15) is 11.4 Å². The molecule has 1 aromatic heterocycles. The molecule has 2 N–H and O–H groups in total. The minimum absolute atomic E-state index is 0.178. The van der Waals surface area contributed by atoms with Gasteiger partial charge in [0.2, 0.25) is 0 Å². The van der Waals surface area contributed by atoms with Gasteiger partial charge < -0.3 is 19.9 Å². The summed E-state index contributed by atoms with van der Waals surface area (Å²) >= 11 is 1.40. The molecule has 0 radical (unpaired) electrons. The molecule has 2 aliphatic rings. The molecule has 2 aliphatic heterocycles. The number of aromatic nitrogens is 1. The Bertz CT molecular complexity index is 1200. The van der Waals surface area contributed by atoms with Crippen molar-refractivity contribution >= 4 is 29.1 Å². The number of halogens is 1. The van der Waals surface area contributed by atoms with E-state index in [9.17, 15) is 14.0 Å². The summed E-state index contributed by atoms with van der Waals surface area (Å²) in [5.41, 5.74) is 0.365. The largest absolute Gasteiger partial charge is 0.478 e. The fourth-order valence-corrected chi connectivity index (χ4v) is 4.86. The van der Waals surface area contributed by atoms with E-state index in [0.29, 0.717) is 53.9 Å². The van der Waals surface area contributed by atoms with Crippen molar-refractivity contribution < 1.29 is 28.6 Å². The third kappa shape index (κ3) is 5.69. The SMILES string of the molecule is CCOC(=O)C1=C(CN2CCOC(/C=C/C(=O)O)C2)NC(c2nccs2)=N[C@@]1(C)c1ccc(F)cc1. The summed E-state index contributed by atoms with van der Waals surface area (Å²) in [5, 5.41) is 14.7. The van der Waals surface area contributed by atoms with Gasteiger partial charge in [-0.25, -0.2) is 24.0 Å². The lowest BCUT2D eigenvalue weighted by Gasteiger charge is -2.38. The lowest BCUT2D eigenvalue weighted by Crippen LogP contribution is -2.48. The van der Waals surface area contributed by atoms with Gasteiger partial charge in [0.05, 0.1) is 24.9 Å². The molecular weight excluding hydrogens is 487 g/mol. The number of carbonyl (C=O) groups excluding carboxylic acids is 1. The molecule has 0 aliphatic carbocycles. The highest BCUT2D eigenvalue weighted by molar-refractivity contribution is 7.11. The number of rotatable bonds is 8.